The van der Waals surface area contributed by atoms with Crippen molar-refractivity contribution in [2.24, 2.45) is 7.05 Å². The maximum Gasteiger partial charge on any atom is 0.573 e. The predicted octanol–water partition coefficient (Wildman–Crippen LogP) is 2.85. The number of pyridine rings is 1. The zero-order valence-electron chi connectivity index (χ0n) is 15.5. The zero-order valence-corrected chi connectivity index (χ0v) is 15.5. The van der Waals surface area contributed by atoms with Crippen LogP contribution >= 0.6 is 0 Å². The van der Waals surface area contributed by atoms with Crippen LogP contribution in [0.2, 0.25) is 0 Å². The highest BCUT2D eigenvalue weighted by Crippen LogP contribution is 2.27. The summed E-state index contributed by atoms with van der Waals surface area (Å²) in [5.41, 5.74) is 1.24. The first-order valence-corrected chi connectivity index (χ1v) is 8.67. The number of fused-ring (bicyclic) bond motifs is 1. The van der Waals surface area contributed by atoms with E-state index < -0.39 is 24.3 Å². The number of aromatic nitrogens is 6. The van der Waals surface area contributed by atoms with E-state index in [1.54, 1.807) is 24.1 Å². The van der Waals surface area contributed by atoms with Crippen molar-refractivity contribution in [3.8, 4) is 22.6 Å². The van der Waals surface area contributed by atoms with E-state index in [-0.39, 0.29) is 23.3 Å². The lowest BCUT2D eigenvalue weighted by atomic mass is 10.1. The van der Waals surface area contributed by atoms with Crippen molar-refractivity contribution in [2.75, 3.05) is 6.67 Å². The molecule has 0 atom stereocenters. The van der Waals surface area contributed by atoms with Crippen molar-refractivity contribution < 1.29 is 22.3 Å². The van der Waals surface area contributed by atoms with Crippen molar-refractivity contribution >= 4 is 11.0 Å². The Hall–Kier alpha value is -3.70. The first-order chi connectivity index (χ1) is 14.3. The Labute approximate surface area is 165 Å². The van der Waals surface area contributed by atoms with Gasteiger partial charge in [0, 0.05) is 36.3 Å². The van der Waals surface area contributed by atoms with Crippen LogP contribution in [-0.2, 0) is 13.6 Å². The molecule has 4 rings (SSSR count). The first kappa shape index (κ1) is 19.6. The number of hydrogen-bond donors (Lipinski definition) is 0. The standard InChI is InChI=1S/C18H14F4N6O2/c1-26-9-11(8-23-26)14-10-27(12-2-4-13(5-3-12)30-18(20,21)22)17(29)16-15(14)24-25-28(16)7-6-19/h2-5,8-10H,6-7H2,1H3. The van der Waals surface area contributed by atoms with Gasteiger partial charge in [-0.3, -0.25) is 14.0 Å². The first-order valence-electron chi connectivity index (χ1n) is 8.67. The number of benzene rings is 1. The van der Waals surface area contributed by atoms with E-state index in [0.29, 0.717) is 11.1 Å². The lowest BCUT2D eigenvalue weighted by molar-refractivity contribution is -0.274. The number of ether oxygens (including phenoxy) is 1. The van der Waals surface area contributed by atoms with Crippen LogP contribution in [0.15, 0.2) is 47.7 Å². The molecule has 4 aromatic rings. The lowest BCUT2D eigenvalue weighted by Gasteiger charge is -2.12. The second kappa shape index (κ2) is 7.28. The Bertz CT molecular complexity index is 1260. The van der Waals surface area contributed by atoms with Crippen LogP contribution in [0.1, 0.15) is 0 Å². The Kier molecular flexibility index (Phi) is 4.76. The minimum Gasteiger partial charge on any atom is -0.406 e. The van der Waals surface area contributed by atoms with Crippen LogP contribution < -0.4 is 10.3 Å². The molecule has 0 radical (unpaired) electrons. The Balaban J connectivity index is 1.90. The maximum atomic E-state index is 13.1. The van der Waals surface area contributed by atoms with Crippen molar-refractivity contribution in [3.63, 3.8) is 0 Å². The van der Waals surface area contributed by atoms with Gasteiger partial charge >= 0.3 is 6.36 Å². The number of halogens is 4. The Morgan fingerprint density at radius 2 is 1.87 bits per heavy atom. The van der Waals surface area contributed by atoms with Gasteiger partial charge in [0.1, 0.15) is 17.9 Å². The number of hydrogen-bond acceptors (Lipinski definition) is 5. The van der Waals surface area contributed by atoms with E-state index in [2.05, 4.69) is 20.1 Å². The summed E-state index contributed by atoms with van der Waals surface area (Å²) in [5, 5.41) is 12.0. The topological polar surface area (TPSA) is 79.8 Å². The molecule has 1 aromatic carbocycles. The van der Waals surface area contributed by atoms with Gasteiger partial charge in [-0.25, -0.2) is 9.07 Å². The van der Waals surface area contributed by atoms with Gasteiger partial charge in [-0.05, 0) is 24.3 Å². The van der Waals surface area contributed by atoms with Gasteiger partial charge in [-0.2, -0.15) is 5.10 Å². The van der Waals surface area contributed by atoms with E-state index >= 15 is 0 Å². The van der Waals surface area contributed by atoms with Gasteiger partial charge in [-0.15, -0.1) is 18.3 Å². The third-order valence-electron chi connectivity index (χ3n) is 4.33. The van der Waals surface area contributed by atoms with Crippen molar-refractivity contribution in [2.45, 2.75) is 12.9 Å². The molecule has 0 amide bonds. The monoisotopic (exact) mass is 422 g/mol. The predicted molar refractivity (Wildman–Crippen MR) is 98.0 cm³/mol. The second-order valence-corrected chi connectivity index (χ2v) is 6.36. The van der Waals surface area contributed by atoms with E-state index in [0.717, 1.165) is 16.8 Å². The second-order valence-electron chi connectivity index (χ2n) is 6.36. The van der Waals surface area contributed by atoms with E-state index in [9.17, 15) is 22.4 Å². The summed E-state index contributed by atoms with van der Waals surface area (Å²) in [4.78, 5) is 13.1. The van der Waals surface area contributed by atoms with Crippen LogP contribution in [0.3, 0.4) is 0 Å². The molecule has 0 bridgehead atoms. The third-order valence-corrected chi connectivity index (χ3v) is 4.33. The van der Waals surface area contributed by atoms with Gasteiger partial charge in [0.25, 0.3) is 5.56 Å². The highest BCUT2D eigenvalue weighted by Gasteiger charge is 2.31. The van der Waals surface area contributed by atoms with E-state index in [1.807, 2.05) is 0 Å². The zero-order chi connectivity index (χ0) is 21.5. The van der Waals surface area contributed by atoms with Gasteiger partial charge in [-0.1, -0.05) is 5.21 Å². The highest BCUT2D eigenvalue weighted by atomic mass is 19.4. The van der Waals surface area contributed by atoms with Crippen molar-refractivity contribution in [1.82, 2.24) is 29.3 Å². The molecule has 156 valence electrons. The normalized spacial score (nSPS) is 11.9. The summed E-state index contributed by atoms with van der Waals surface area (Å²) < 4.78 is 57.9. The summed E-state index contributed by atoms with van der Waals surface area (Å²) >= 11 is 0. The minimum atomic E-state index is -4.82. The van der Waals surface area contributed by atoms with Crippen LogP contribution in [0.5, 0.6) is 5.75 Å². The largest absolute Gasteiger partial charge is 0.573 e. The molecule has 0 fully saturated rings. The molecule has 12 heteroatoms. The number of rotatable bonds is 5. The molecule has 0 saturated heterocycles. The average Bonchev–Trinajstić information content (AvgIpc) is 3.29. The molecular formula is C18H14F4N6O2. The molecule has 3 heterocycles. The van der Waals surface area contributed by atoms with Crippen LogP contribution in [0.25, 0.3) is 27.8 Å². The Morgan fingerprint density at radius 1 is 1.13 bits per heavy atom. The number of aryl methyl sites for hydroxylation is 2. The molecule has 0 aliphatic rings. The maximum absolute atomic E-state index is 13.1. The smallest absolute Gasteiger partial charge is 0.406 e. The van der Waals surface area contributed by atoms with Crippen LogP contribution in [0, 0.1) is 0 Å². The number of nitrogens with zero attached hydrogens (tertiary/aromatic N) is 6. The quantitative estimate of drug-likeness (QED) is 0.462. The average molecular weight is 422 g/mol. The minimum absolute atomic E-state index is 0.0737. The SMILES string of the molecule is Cn1cc(-c2cn(-c3ccc(OC(F)(F)F)cc3)c(=O)c3c2nnn3CCF)cn1. The fourth-order valence-electron chi connectivity index (χ4n) is 3.08. The summed E-state index contributed by atoms with van der Waals surface area (Å²) in [6, 6.07) is 4.82. The van der Waals surface area contributed by atoms with Crippen LogP contribution in [-0.4, -0.2) is 42.4 Å². The number of alkyl halides is 4. The summed E-state index contributed by atoms with van der Waals surface area (Å²) in [5.74, 6) is -0.419. The molecule has 0 saturated carbocycles. The molecular weight excluding hydrogens is 408 g/mol. The van der Waals surface area contributed by atoms with Crippen LogP contribution in [0.4, 0.5) is 17.6 Å². The van der Waals surface area contributed by atoms with Gasteiger partial charge in [0.05, 0.1) is 12.7 Å². The van der Waals surface area contributed by atoms with E-state index in [1.165, 1.54) is 22.9 Å². The Morgan fingerprint density at radius 3 is 2.47 bits per heavy atom. The molecule has 0 N–H and O–H groups in total. The lowest BCUT2D eigenvalue weighted by Crippen LogP contribution is -2.21. The summed E-state index contributed by atoms with van der Waals surface area (Å²) in [7, 11) is 1.72. The molecule has 0 unspecified atom stereocenters. The van der Waals surface area contributed by atoms with E-state index in [4.69, 9.17) is 0 Å². The highest BCUT2D eigenvalue weighted by molar-refractivity contribution is 5.90. The van der Waals surface area contributed by atoms with Crippen molar-refractivity contribution in [1.29, 1.82) is 0 Å². The van der Waals surface area contributed by atoms with Gasteiger partial charge in [0.15, 0.2) is 5.52 Å². The molecule has 3 aromatic heterocycles. The molecule has 30 heavy (non-hydrogen) atoms. The molecule has 8 nitrogen and oxygen atoms in total. The molecule has 0 aliphatic carbocycles. The fraction of sp³-hybridized carbons (Fsp3) is 0.222. The van der Waals surface area contributed by atoms with Gasteiger partial charge < -0.3 is 4.74 Å². The summed E-state index contributed by atoms with van der Waals surface area (Å²) in [6.07, 6.45) is -0.0545. The summed E-state index contributed by atoms with van der Waals surface area (Å²) in [6.45, 7) is -0.918. The van der Waals surface area contributed by atoms with Crippen molar-refractivity contribution in [3.05, 3.63) is 53.2 Å². The third kappa shape index (κ3) is 3.63. The van der Waals surface area contributed by atoms with Gasteiger partial charge in [0.2, 0.25) is 0 Å². The molecule has 0 spiro atoms. The molecule has 0 aliphatic heterocycles. The fourth-order valence-corrected chi connectivity index (χ4v) is 3.08.